The molecule has 0 fully saturated rings. The molecular weight excluding hydrogens is 203 g/mol. The van der Waals surface area contributed by atoms with Crippen molar-refractivity contribution in [1.29, 1.82) is 0 Å². The molecule has 0 unspecified atom stereocenters. The molecular formula is C12H18Ni+2. The summed E-state index contributed by atoms with van der Waals surface area (Å²) in [5.74, 6) is 0. The van der Waals surface area contributed by atoms with E-state index in [9.17, 15) is 0 Å². The second-order valence-corrected chi connectivity index (χ2v) is 3.23. The average molecular weight is 221 g/mol. The SMILES string of the molecule is C1=C\C=C\CCCCCC/C=C/1.[Ni+2]. The van der Waals surface area contributed by atoms with Gasteiger partial charge >= 0.3 is 16.5 Å². The van der Waals surface area contributed by atoms with Crippen molar-refractivity contribution < 1.29 is 16.5 Å². The van der Waals surface area contributed by atoms with E-state index in [4.69, 9.17) is 0 Å². The first-order valence-electron chi connectivity index (χ1n) is 4.98. The number of rotatable bonds is 0. The van der Waals surface area contributed by atoms with Crippen LogP contribution in [-0.4, -0.2) is 0 Å². The second-order valence-electron chi connectivity index (χ2n) is 3.23. The van der Waals surface area contributed by atoms with Crippen LogP contribution in [0.5, 0.6) is 0 Å². The van der Waals surface area contributed by atoms with E-state index in [1.807, 2.05) is 0 Å². The summed E-state index contributed by atoms with van der Waals surface area (Å²) < 4.78 is 0. The predicted molar refractivity (Wildman–Crippen MR) is 55.1 cm³/mol. The maximum Gasteiger partial charge on any atom is 2.00 e. The zero-order valence-corrected chi connectivity index (χ0v) is 9.01. The number of allylic oxidation sites excluding steroid dienone is 6. The molecule has 0 nitrogen and oxygen atoms in total. The summed E-state index contributed by atoms with van der Waals surface area (Å²) >= 11 is 0. The molecule has 0 radical (unpaired) electrons. The van der Waals surface area contributed by atoms with Gasteiger partial charge in [-0.15, -0.1) is 0 Å². The molecule has 13 heavy (non-hydrogen) atoms. The Hall–Kier alpha value is -0.286. The number of hydrogen-bond acceptors (Lipinski definition) is 0. The Labute approximate surface area is 91.7 Å². The topological polar surface area (TPSA) is 0 Å². The van der Waals surface area contributed by atoms with Crippen LogP contribution in [0.25, 0.3) is 0 Å². The van der Waals surface area contributed by atoms with Gasteiger partial charge in [-0.3, -0.25) is 0 Å². The minimum atomic E-state index is 0. The summed E-state index contributed by atoms with van der Waals surface area (Å²) in [6, 6.07) is 0. The molecule has 0 aromatic rings. The van der Waals surface area contributed by atoms with E-state index < -0.39 is 0 Å². The van der Waals surface area contributed by atoms with E-state index in [2.05, 4.69) is 36.5 Å². The molecule has 1 aliphatic carbocycles. The molecule has 0 atom stereocenters. The fourth-order valence-corrected chi connectivity index (χ4v) is 1.36. The van der Waals surface area contributed by atoms with Gasteiger partial charge in [0.1, 0.15) is 0 Å². The summed E-state index contributed by atoms with van der Waals surface area (Å²) in [5, 5.41) is 0. The van der Waals surface area contributed by atoms with Crippen molar-refractivity contribution in [2.45, 2.75) is 38.5 Å². The van der Waals surface area contributed by atoms with Gasteiger partial charge in [0.2, 0.25) is 0 Å². The number of hydrogen-bond donors (Lipinski definition) is 0. The van der Waals surface area contributed by atoms with E-state index in [1.54, 1.807) is 0 Å². The standard InChI is InChI=1S/C12H18.Ni/c1-2-4-6-8-10-12-11-9-7-5-3-1;/h1-6H,7-12H2;/q;+2/b2-1-,5-3+,6-4+;. The van der Waals surface area contributed by atoms with Gasteiger partial charge in [-0.2, -0.15) is 0 Å². The quantitative estimate of drug-likeness (QED) is 0.542. The average Bonchev–Trinajstić information content (AvgIpc) is 2.05. The van der Waals surface area contributed by atoms with Crippen LogP contribution in [0.15, 0.2) is 36.5 Å². The van der Waals surface area contributed by atoms with E-state index in [0.29, 0.717) is 0 Å². The van der Waals surface area contributed by atoms with Crippen molar-refractivity contribution in [1.82, 2.24) is 0 Å². The normalized spacial score (nSPS) is 25.8. The maximum atomic E-state index is 2.26. The van der Waals surface area contributed by atoms with Crippen LogP contribution >= 0.6 is 0 Å². The zero-order valence-electron chi connectivity index (χ0n) is 8.02. The molecule has 1 rings (SSSR count). The molecule has 1 heteroatoms. The van der Waals surface area contributed by atoms with Crippen molar-refractivity contribution in [2.75, 3.05) is 0 Å². The Kier molecular flexibility index (Phi) is 9.58. The van der Waals surface area contributed by atoms with Gasteiger partial charge in [0.15, 0.2) is 0 Å². The minimum absolute atomic E-state index is 0. The van der Waals surface area contributed by atoms with Crippen LogP contribution in [-0.2, 0) is 16.5 Å². The molecule has 0 aromatic carbocycles. The monoisotopic (exact) mass is 220 g/mol. The van der Waals surface area contributed by atoms with Crippen LogP contribution in [0.2, 0.25) is 0 Å². The van der Waals surface area contributed by atoms with Crippen molar-refractivity contribution in [3.63, 3.8) is 0 Å². The maximum absolute atomic E-state index is 2.26. The third-order valence-electron chi connectivity index (χ3n) is 2.10. The Balaban J connectivity index is 0.00000144. The Morgan fingerprint density at radius 1 is 0.538 bits per heavy atom. The van der Waals surface area contributed by atoms with Crippen LogP contribution in [0, 0.1) is 0 Å². The van der Waals surface area contributed by atoms with Crippen molar-refractivity contribution >= 4 is 0 Å². The van der Waals surface area contributed by atoms with Gasteiger partial charge in [0.25, 0.3) is 0 Å². The summed E-state index contributed by atoms with van der Waals surface area (Å²) in [4.78, 5) is 0. The molecule has 0 amide bonds. The van der Waals surface area contributed by atoms with Crippen molar-refractivity contribution in [2.24, 2.45) is 0 Å². The molecule has 0 N–H and O–H groups in total. The van der Waals surface area contributed by atoms with E-state index >= 15 is 0 Å². The van der Waals surface area contributed by atoms with Gasteiger partial charge in [-0.05, 0) is 25.7 Å². The first-order chi connectivity index (χ1) is 6.00. The molecule has 0 aromatic heterocycles. The zero-order chi connectivity index (χ0) is 8.49. The summed E-state index contributed by atoms with van der Waals surface area (Å²) in [7, 11) is 0. The summed E-state index contributed by atoms with van der Waals surface area (Å²) in [5.41, 5.74) is 0. The van der Waals surface area contributed by atoms with E-state index in [0.717, 1.165) is 0 Å². The molecule has 74 valence electrons. The smallest absolute Gasteiger partial charge is 0.0845 e. The Morgan fingerprint density at radius 3 is 1.46 bits per heavy atom. The molecule has 0 saturated carbocycles. The predicted octanol–water partition coefficient (Wildman–Crippen LogP) is 4.01. The fourth-order valence-electron chi connectivity index (χ4n) is 1.36. The molecule has 0 spiro atoms. The van der Waals surface area contributed by atoms with E-state index in [1.165, 1.54) is 38.5 Å². The third-order valence-corrected chi connectivity index (χ3v) is 2.10. The molecule has 0 aliphatic heterocycles. The summed E-state index contributed by atoms with van der Waals surface area (Å²) in [6.45, 7) is 0. The van der Waals surface area contributed by atoms with Gasteiger partial charge < -0.3 is 0 Å². The van der Waals surface area contributed by atoms with Gasteiger partial charge in [0, 0.05) is 0 Å². The molecule has 0 saturated heterocycles. The third kappa shape index (κ3) is 8.05. The first kappa shape index (κ1) is 12.7. The minimum Gasteiger partial charge on any atom is -0.0845 e. The van der Waals surface area contributed by atoms with Gasteiger partial charge in [-0.1, -0.05) is 49.3 Å². The van der Waals surface area contributed by atoms with Gasteiger partial charge in [0.05, 0.1) is 0 Å². The fraction of sp³-hybridized carbons (Fsp3) is 0.500. The largest absolute Gasteiger partial charge is 2.00 e. The van der Waals surface area contributed by atoms with Crippen molar-refractivity contribution in [3.8, 4) is 0 Å². The molecule has 0 bridgehead atoms. The first-order valence-corrected chi connectivity index (χ1v) is 4.98. The Morgan fingerprint density at radius 2 is 1.00 bits per heavy atom. The van der Waals surface area contributed by atoms with Crippen molar-refractivity contribution in [3.05, 3.63) is 36.5 Å². The van der Waals surface area contributed by atoms with Crippen LogP contribution in [0.3, 0.4) is 0 Å². The van der Waals surface area contributed by atoms with Crippen LogP contribution in [0.1, 0.15) is 38.5 Å². The van der Waals surface area contributed by atoms with Crippen LogP contribution in [0.4, 0.5) is 0 Å². The molecule has 1 aliphatic rings. The Bertz CT molecular complexity index is 158. The van der Waals surface area contributed by atoms with E-state index in [-0.39, 0.29) is 16.5 Å². The summed E-state index contributed by atoms with van der Waals surface area (Å²) in [6.07, 6.45) is 21.0. The van der Waals surface area contributed by atoms with Crippen LogP contribution < -0.4 is 0 Å². The molecule has 0 heterocycles. The van der Waals surface area contributed by atoms with Gasteiger partial charge in [-0.25, -0.2) is 0 Å². The second kappa shape index (κ2) is 9.80.